The molecule has 0 spiro atoms. The van der Waals surface area contributed by atoms with Crippen LogP contribution in [-0.2, 0) is 11.2 Å². The Morgan fingerprint density at radius 2 is 2.15 bits per heavy atom. The summed E-state index contributed by atoms with van der Waals surface area (Å²) in [5.41, 5.74) is 2.10. The number of nitrogens with zero attached hydrogens (tertiary/aromatic N) is 2. The lowest BCUT2D eigenvalue weighted by molar-refractivity contribution is 0.199. The standard InChI is InChI=1S/C14H18ClN3OS/c1-10-3-4-11(9-12(10)15)14-18-17-13(20-14)5-6-16-7-8-19-2/h3-4,9,16H,5-8H2,1-2H3. The van der Waals surface area contributed by atoms with E-state index in [1.807, 2.05) is 25.1 Å². The van der Waals surface area contributed by atoms with Crippen molar-refractivity contribution < 1.29 is 4.74 Å². The van der Waals surface area contributed by atoms with E-state index in [2.05, 4.69) is 15.5 Å². The van der Waals surface area contributed by atoms with E-state index in [1.165, 1.54) is 0 Å². The van der Waals surface area contributed by atoms with Crippen LogP contribution in [0.5, 0.6) is 0 Å². The summed E-state index contributed by atoms with van der Waals surface area (Å²) in [5, 5.41) is 14.4. The van der Waals surface area contributed by atoms with Gasteiger partial charge < -0.3 is 10.1 Å². The Hall–Kier alpha value is -1.01. The summed E-state index contributed by atoms with van der Waals surface area (Å²) >= 11 is 7.75. The molecule has 1 N–H and O–H groups in total. The molecule has 0 unspecified atom stereocenters. The molecule has 1 aromatic heterocycles. The first-order valence-corrected chi connectivity index (χ1v) is 7.68. The van der Waals surface area contributed by atoms with Gasteiger partial charge in [-0.05, 0) is 18.6 Å². The Morgan fingerprint density at radius 1 is 1.30 bits per heavy atom. The maximum absolute atomic E-state index is 6.14. The zero-order valence-corrected chi connectivity index (χ0v) is 13.2. The number of benzene rings is 1. The minimum Gasteiger partial charge on any atom is -0.383 e. The number of ether oxygens (including phenoxy) is 1. The molecule has 0 bridgehead atoms. The highest BCUT2D eigenvalue weighted by Gasteiger charge is 2.07. The number of methoxy groups -OCH3 is 1. The Morgan fingerprint density at radius 3 is 2.90 bits per heavy atom. The molecule has 0 aliphatic heterocycles. The fourth-order valence-electron chi connectivity index (χ4n) is 1.69. The molecule has 0 radical (unpaired) electrons. The van der Waals surface area contributed by atoms with Crippen LogP contribution in [0.25, 0.3) is 10.6 Å². The van der Waals surface area contributed by atoms with Gasteiger partial charge in [-0.15, -0.1) is 10.2 Å². The smallest absolute Gasteiger partial charge is 0.147 e. The second-order valence-electron chi connectivity index (χ2n) is 4.46. The molecule has 20 heavy (non-hydrogen) atoms. The van der Waals surface area contributed by atoms with Gasteiger partial charge in [0.05, 0.1) is 6.61 Å². The van der Waals surface area contributed by atoms with Gasteiger partial charge in [0.25, 0.3) is 0 Å². The summed E-state index contributed by atoms with van der Waals surface area (Å²) < 4.78 is 4.98. The number of rotatable bonds is 7. The van der Waals surface area contributed by atoms with Crippen LogP contribution in [0.2, 0.25) is 5.02 Å². The lowest BCUT2D eigenvalue weighted by Crippen LogP contribution is -2.21. The maximum atomic E-state index is 6.14. The van der Waals surface area contributed by atoms with Gasteiger partial charge in [0.15, 0.2) is 0 Å². The van der Waals surface area contributed by atoms with Crippen molar-refractivity contribution in [2.75, 3.05) is 26.8 Å². The fraction of sp³-hybridized carbons (Fsp3) is 0.429. The number of hydrogen-bond donors (Lipinski definition) is 1. The Balaban J connectivity index is 1.93. The fourth-order valence-corrected chi connectivity index (χ4v) is 2.71. The van der Waals surface area contributed by atoms with Crippen molar-refractivity contribution in [2.45, 2.75) is 13.3 Å². The van der Waals surface area contributed by atoms with Gasteiger partial charge in [-0.2, -0.15) is 0 Å². The van der Waals surface area contributed by atoms with Crippen LogP contribution in [-0.4, -0.2) is 37.0 Å². The normalized spacial score (nSPS) is 10.9. The number of nitrogens with one attached hydrogen (secondary N) is 1. The zero-order chi connectivity index (χ0) is 14.4. The maximum Gasteiger partial charge on any atom is 0.147 e. The third-order valence-corrected chi connectivity index (χ3v) is 4.32. The minimum atomic E-state index is 0.725. The third-order valence-electron chi connectivity index (χ3n) is 2.88. The highest BCUT2D eigenvalue weighted by atomic mass is 35.5. The first kappa shape index (κ1) is 15.4. The second kappa shape index (κ2) is 7.69. The molecule has 0 atom stereocenters. The predicted molar refractivity (Wildman–Crippen MR) is 83.5 cm³/mol. The lowest BCUT2D eigenvalue weighted by Gasteiger charge is -2.01. The molecule has 0 aliphatic carbocycles. The molecule has 1 heterocycles. The third kappa shape index (κ3) is 4.24. The summed E-state index contributed by atoms with van der Waals surface area (Å²) in [6, 6.07) is 5.98. The Bertz CT molecular complexity index is 559. The molecule has 0 amide bonds. The van der Waals surface area contributed by atoms with Crippen molar-refractivity contribution in [3.05, 3.63) is 33.8 Å². The second-order valence-corrected chi connectivity index (χ2v) is 5.93. The molecular formula is C14H18ClN3OS. The van der Waals surface area contributed by atoms with Crippen LogP contribution in [0, 0.1) is 6.92 Å². The topological polar surface area (TPSA) is 47.0 Å². The molecule has 0 aliphatic rings. The highest BCUT2D eigenvalue weighted by molar-refractivity contribution is 7.14. The van der Waals surface area contributed by atoms with Gasteiger partial charge in [-0.1, -0.05) is 35.1 Å². The van der Waals surface area contributed by atoms with E-state index in [4.69, 9.17) is 16.3 Å². The van der Waals surface area contributed by atoms with Crippen molar-refractivity contribution in [3.63, 3.8) is 0 Å². The average Bonchev–Trinajstić information content (AvgIpc) is 2.90. The molecule has 2 aromatic rings. The number of halogens is 1. The van der Waals surface area contributed by atoms with Crippen LogP contribution in [0.3, 0.4) is 0 Å². The van der Waals surface area contributed by atoms with Gasteiger partial charge in [-0.25, -0.2) is 0 Å². The lowest BCUT2D eigenvalue weighted by atomic mass is 10.2. The zero-order valence-electron chi connectivity index (χ0n) is 11.6. The van der Waals surface area contributed by atoms with Gasteiger partial charge >= 0.3 is 0 Å². The van der Waals surface area contributed by atoms with Crippen molar-refractivity contribution in [1.82, 2.24) is 15.5 Å². The summed E-state index contributed by atoms with van der Waals surface area (Å²) in [6.07, 6.45) is 0.876. The van der Waals surface area contributed by atoms with Gasteiger partial charge in [0.1, 0.15) is 10.0 Å². The SMILES string of the molecule is COCCNCCc1nnc(-c2ccc(C)c(Cl)c2)s1. The molecule has 0 saturated heterocycles. The first-order chi connectivity index (χ1) is 9.70. The van der Waals surface area contributed by atoms with Gasteiger partial charge in [0, 0.05) is 37.2 Å². The van der Waals surface area contributed by atoms with E-state index in [0.29, 0.717) is 0 Å². The monoisotopic (exact) mass is 311 g/mol. The summed E-state index contributed by atoms with van der Waals surface area (Å²) in [7, 11) is 1.70. The van der Waals surface area contributed by atoms with E-state index < -0.39 is 0 Å². The molecule has 2 rings (SSSR count). The van der Waals surface area contributed by atoms with Crippen molar-refractivity contribution >= 4 is 22.9 Å². The highest BCUT2D eigenvalue weighted by Crippen LogP contribution is 2.27. The van der Waals surface area contributed by atoms with Crippen LogP contribution >= 0.6 is 22.9 Å². The van der Waals surface area contributed by atoms with Crippen molar-refractivity contribution in [2.24, 2.45) is 0 Å². The Kier molecular flexibility index (Phi) is 5.91. The molecule has 4 nitrogen and oxygen atoms in total. The largest absolute Gasteiger partial charge is 0.383 e. The number of hydrogen-bond acceptors (Lipinski definition) is 5. The quantitative estimate of drug-likeness (QED) is 0.799. The number of aryl methyl sites for hydroxylation is 1. The predicted octanol–water partition coefficient (Wildman–Crippen LogP) is 2.95. The summed E-state index contributed by atoms with van der Waals surface area (Å²) in [6.45, 7) is 4.45. The van der Waals surface area contributed by atoms with Gasteiger partial charge in [-0.3, -0.25) is 0 Å². The Labute approximate surface area is 128 Å². The van der Waals surface area contributed by atoms with E-state index in [0.717, 1.165) is 52.3 Å². The summed E-state index contributed by atoms with van der Waals surface area (Å²) in [4.78, 5) is 0. The summed E-state index contributed by atoms with van der Waals surface area (Å²) in [5.74, 6) is 0. The molecule has 108 valence electrons. The molecule has 0 saturated carbocycles. The van der Waals surface area contributed by atoms with Gasteiger partial charge in [0.2, 0.25) is 0 Å². The molecular weight excluding hydrogens is 294 g/mol. The molecule has 6 heteroatoms. The van der Waals surface area contributed by atoms with Crippen molar-refractivity contribution in [1.29, 1.82) is 0 Å². The average molecular weight is 312 g/mol. The number of aromatic nitrogens is 2. The van der Waals surface area contributed by atoms with Crippen LogP contribution in [0.4, 0.5) is 0 Å². The van der Waals surface area contributed by atoms with E-state index in [1.54, 1.807) is 18.4 Å². The van der Waals surface area contributed by atoms with Crippen LogP contribution < -0.4 is 5.32 Å². The first-order valence-electron chi connectivity index (χ1n) is 6.49. The van der Waals surface area contributed by atoms with E-state index in [9.17, 15) is 0 Å². The minimum absolute atomic E-state index is 0.725. The van der Waals surface area contributed by atoms with Crippen LogP contribution in [0.1, 0.15) is 10.6 Å². The van der Waals surface area contributed by atoms with Crippen molar-refractivity contribution in [3.8, 4) is 10.6 Å². The molecule has 1 aromatic carbocycles. The van der Waals surface area contributed by atoms with E-state index >= 15 is 0 Å². The molecule has 0 fully saturated rings. The van der Waals surface area contributed by atoms with E-state index in [-0.39, 0.29) is 0 Å². The van der Waals surface area contributed by atoms with Crippen LogP contribution in [0.15, 0.2) is 18.2 Å².